The lowest BCUT2D eigenvalue weighted by Gasteiger charge is -2.20. The molecule has 1 heterocycles. The third kappa shape index (κ3) is 2.98. The first kappa shape index (κ1) is 11.5. The zero-order valence-electron chi connectivity index (χ0n) is 9.27. The van der Waals surface area contributed by atoms with E-state index in [2.05, 4.69) is 12.2 Å². The van der Waals surface area contributed by atoms with Crippen molar-refractivity contribution >= 4 is 5.97 Å². The molecule has 0 aliphatic carbocycles. The average Bonchev–Trinajstić information content (AvgIpc) is 2.61. The van der Waals surface area contributed by atoms with Crippen LogP contribution >= 0.6 is 0 Å². The molecule has 1 unspecified atom stereocenters. The molecule has 0 aromatic heterocycles. The minimum Gasteiger partial charge on any atom is -0.465 e. The molecule has 3 nitrogen and oxygen atoms in total. The predicted octanol–water partition coefficient (Wildman–Crippen LogP) is 1.72. The molecular weight excluding hydrogens is 178 g/mol. The maximum Gasteiger partial charge on any atom is 0.313 e. The summed E-state index contributed by atoms with van der Waals surface area (Å²) < 4.78 is 5.25. The molecule has 3 heteroatoms. The maximum absolute atomic E-state index is 11.7. The zero-order chi connectivity index (χ0) is 10.4. The SMILES string of the molecule is CCCCCOC(=O)C1(C)CCNC1. The van der Waals surface area contributed by atoms with Crippen molar-refractivity contribution in [1.29, 1.82) is 0 Å². The molecule has 1 saturated heterocycles. The number of ether oxygens (including phenoxy) is 1. The minimum atomic E-state index is -0.272. The maximum atomic E-state index is 11.7. The van der Waals surface area contributed by atoms with Gasteiger partial charge in [0.1, 0.15) is 0 Å². The van der Waals surface area contributed by atoms with Crippen molar-refractivity contribution in [2.75, 3.05) is 19.7 Å². The van der Waals surface area contributed by atoms with E-state index in [0.29, 0.717) is 6.61 Å². The second-order valence-electron chi connectivity index (χ2n) is 4.33. The van der Waals surface area contributed by atoms with Crippen molar-refractivity contribution in [3.8, 4) is 0 Å². The van der Waals surface area contributed by atoms with Crippen LogP contribution in [-0.4, -0.2) is 25.7 Å². The van der Waals surface area contributed by atoms with Crippen LogP contribution < -0.4 is 5.32 Å². The summed E-state index contributed by atoms with van der Waals surface area (Å²) in [6.45, 7) is 6.40. The van der Waals surface area contributed by atoms with E-state index < -0.39 is 0 Å². The molecule has 14 heavy (non-hydrogen) atoms. The summed E-state index contributed by atoms with van der Waals surface area (Å²) in [5.74, 6) is -0.0291. The summed E-state index contributed by atoms with van der Waals surface area (Å²) in [4.78, 5) is 11.7. The second kappa shape index (κ2) is 5.35. The van der Waals surface area contributed by atoms with Crippen molar-refractivity contribution in [2.45, 2.75) is 39.5 Å². The van der Waals surface area contributed by atoms with Gasteiger partial charge in [0.15, 0.2) is 0 Å². The number of hydrogen-bond donors (Lipinski definition) is 1. The first-order valence-electron chi connectivity index (χ1n) is 5.57. The fraction of sp³-hybridized carbons (Fsp3) is 0.909. The smallest absolute Gasteiger partial charge is 0.313 e. The standard InChI is InChI=1S/C11H21NO2/c1-3-4-5-8-14-10(13)11(2)6-7-12-9-11/h12H,3-9H2,1-2H3. The van der Waals surface area contributed by atoms with E-state index in [0.717, 1.165) is 38.8 Å². The highest BCUT2D eigenvalue weighted by atomic mass is 16.5. The van der Waals surface area contributed by atoms with Crippen molar-refractivity contribution in [1.82, 2.24) is 5.32 Å². The predicted molar refractivity (Wildman–Crippen MR) is 56.1 cm³/mol. The minimum absolute atomic E-state index is 0.0291. The normalized spacial score (nSPS) is 26.4. The van der Waals surface area contributed by atoms with Crippen LogP contribution in [0.1, 0.15) is 39.5 Å². The number of rotatable bonds is 5. The van der Waals surface area contributed by atoms with Gasteiger partial charge in [-0.05, 0) is 26.3 Å². The van der Waals surface area contributed by atoms with Gasteiger partial charge < -0.3 is 10.1 Å². The number of nitrogens with one attached hydrogen (secondary N) is 1. The Morgan fingerprint density at radius 3 is 2.86 bits per heavy atom. The van der Waals surface area contributed by atoms with Crippen LogP contribution in [0.3, 0.4) is 0 Å². The highest BCUT2D eigenvalue weighted by molar-refractivity contribution is 5.77. The largest absolute Gasteiger partial charge is 0.465 e. The van der Waals surface area contributed by atoms with Gasteiger partial charge in [-0.1, -0.05) is 19.8 Å². The summed E-state index contributed by atoms with van der Waals surface area (Å²) in [5, 5.41) is 3.19. The topological polar surface area (TPSA) is 38.3 Å². The van der Waals surface area contributed by atoms with Gasteiger partial charge >= 0.3 is 5.97 Å². The Labute approximate surface area is 86.2 Å². The number of carbonyl (C=O) groups excluding carboxylic acids is 1. The Bertz CT molecular complexity index is 186. The molecule has 1 rings (SSSR count). The molecule has 0 bridgehead atoms. The van der Waals surface area contributed by atoms with Crippen LogP contribution in [0, 0.1) is 5.41 Å². The van der Waals surface area contributed by atoms with Crippen LogP contribution in [0.25, 0.3) is 0 Å². The molecule has 0 saturated carbocycles. The third-order valence-corrected chi connectivity index (χ3v) is 2.84. The Morgan fingerprint density at radius 1 is 1.50 bits per heavy atom. The van der Waals surface area contributed by atoms with E-state index >= 15 is 0 Å². The van der Waals surface area contributed by atoms with Crippen LogP contribution in [0.2, 0.25) is 0 Å². The average molecular weight is 199 g/mol. The van der Waals surface area contributed by atoms with Gasteiger partial charge in [0.2, 0.25) is 0 Å². The fourth-order valence-electron chi connectivity index (χ4n) is 1.68. The first-order valence-corrected chi connectivity index (χ1v) is 5.57. The zero-order valence-corrected chi connectivity index (χ0v) is 9.27. The van der Waals surface area contributed by atoms with Crippen molar-refractivity contribution in [3.05, 3.63) is 0 Å². The highest BCUT2D eigenvalue weighted by Crippen LogP contribution is 2.25. The number of unbranched alkanes of at least 4 members (excludes halogenated alkanes) is 2. The van der Waals surface area contributed by atoms with Crippen LogP contribution in [0.5, 0.6) is 0 Å². The lowest BCUT2D eigenvalue weighted by Crippen LogP contribution is -2.32. The van der Waals surface area contributed by atoms with E-state index in [1.165, 1.54) is 0 Å². The second-order valence-corrected chi connectivity index (χ2v) is 4.33. The fourth-order valence-corrected chi connectivity index (χ4v) is 1.68. The van der Waals surface area contributed by atoms with Crippen LogP contribution in [0.4, 0.5) is 0 Å². The number of hydrogen-bond acceptors (Lipinski definition) is 3. The molecule has 1 aliphatic heterocycles. The molecule has 0 spiro atoms. The summed E-state index contributed by atoms with van der Waals surface area (Å²) >= 11 is 0. The van der Waals surface area contributed by atoms with Crippen LogP contribution in [0.15, 0.2) is 0 Å². The third-order valence-electron chi connectivity index (χ3n) is 2.84. The molecule has 0 aromatic carbocycles. The first-order chi connectivity index (χ1) is 6.69. The molecule has 82 valence electrons. The lowest BCUT2D eigenvalue weighted by atomic mass is 9.90. The number of esters is 1. The Balaban J connectivity index is 2.20. The lowest BCUT2D eigenvalue weighted by molar-refractivity contribution is -0.153. The van der Waals surface area contributed by atoms with E-state index in [1.807, 2.05) is 6.92 Å². The van der Waals surface area contributed by atoms with Crippen LogP contribution in [-0.2, 0) is 9.53 Å². The molecule has 1 atom stereocenters. The Morgan fingerprint density at radius 2 is 2.29 bits per heavy atom. The van der Waals surface area contributed by atoms with Gasteiger partial charge in [-0.25, -0.2) is 0 Å². The van der Waals surface area contributed by atoms with Crippen molar-refractivity contribution < 1.29 is 9.53 Å². The Hall–Kier alpha value is -0.570. The molecule has 0 aromatic rings. The van der Waals surface area contributed by atoms with Gasteiger partial charge in [0.05, 0.1) is 12.0 Å². The number of carbonyl (C=O) groups is 1. The van der Waals surface area contributed by atoms with Gasteiger partial charge in [-0.15, -0.1) is 0 Å². The van der Waals surface area contributed by atoms with E-state index in [-0.39, 0.29) is 11.4 Å². The summed E-state index contributed by atoms with van der Waals surface area (Å²) in [6.07, 6.45) is 4.20. The molecule has 0 amide bonds. The molecule has 1 fully saturated rings. The molecule has 1 aliphatic rings. The summed E-state index contributed by atoms with van der Waals surface area (Å²) in [5.41, 5.74) is -0.272. The van der Waals surface area contributed by atoms with Gasteiger partial charge in [0.25, 0.3) is 0 Å². The Kier molecular flexibility index (Phi) is 4.39. The van der Waals surface area contributed by atoms with Gasteiger partial charge in [-0.2, -0.15) is 0 Å². The molecule has 0 radical (unpaired) electrons. The summed E-state index contributed by atoms with van der Waals surface area (Å²) in [6, 6.07) is 0. The quantitative estimate of drug-likeness (QED) is 0.541. The van der Waals surface area contributed by atoms with E-state index in [9.17, 15) is 4.79 Å². The molecular formula is C11H21NO2. The van der Waals surface area contributed by atoms with Gasteiger partial charge in [0, 0.05) is 6.54 Å². The van der Waals surface area contributed by atoms with Crippen molar-refractivity contribution in [2.24, 2.45) is 5.41 Å². The monoisotopic (exact) mass is 199 g/mol. The van der Waals surface area contributed by atoms with Crippen molar-refractivity contribution in [3.63, 3.8) is 0 Å². The highest BCUT2D eigenvalue weighted by Gasteiger charge is 2.37. The molecule has 1 N–H and O–H groups in total. The summed E-state index contributed by atoms with van der Waals surface area (Å²) in [7, 11) is 0. The van der Waals surface area contributed by atoms with Gasteiger partial charge in [-0.3, -0.25) is 4.79 Å². The van der Waals surface area contributed by atoms with E-state index in [1.54, 1.807) is 0 Å². The van der Waals surface area contributed by atoms with E-state index in [4.69, 9.17) is 4.74 Å².